The van der Waals surface area contributed by atoms with E-state index in [1.807, 2.05) is 42.5 Å². The molecule has 1 unspecified atom stereocenters. The SMILES string of the molecule is Cc1cc(C)cc(C)c1.O=C[P+](=O)c1ccc(-c2ccccc2)cc1. The fourth-order valence-corrected chi connectivity index (χ4v) is 3.26. The van der Waals surface area contributed by atoms with Crippen LogP contribution in [0.1, 0.15) is 16.7 Å². The van der Waals surface area contributed by atoms with Gasteiger partial charge >= 0.3 is 13.8 Å². The molecule has 2 nitrogen and oxygen atoms in total. The maximum atomic E-state index is 11.2. The molecule has 0 radical (unpaired) electrons. The predicted molar refractivity (Wildman–Crippen MR) is 107 cm³/mol. The van der Waals surface area contributed by atoms with Crippen molar-refractivity contribution in [2.45, 2.75) is 20.8 Å². The first kappa shape index (κ1) is 18.8. The molecule has 0 fully saturated rings. The largest absolute Gasteiger partial charge is 0.449 e. The van der Waals surface area contributed by atoms with Crippen LogP contribution in [0.3, 0.4) is 0 Å². The molecule has 0 aliphatic rings. The van der Waals surface area contributed by atoms with E-state index in [1.54, 1.807) is 12.1 Å². The highest BCUT2D eigenvalue weighted by molar-refractivity contribution is 7.68. The molecule has 25 heavy (non-hydrogen) atoms. The molecule has 0 aliphatic carbocycles. The summed E-state index contributed by atoms with van der Waals surface area (Å²) >= 11 is 0. The first-order chi connectivity index (χ1) is 12.0. The first-order valence-electron chi connectivity index (χ1n) is 8.11. The van der Waals surface area contributed by atoms with Gasteiger partial charge in [0.25, 0.3) is 0 Å². The van der Waals surface area contributed by atoms with Crippen molar-refractivity contribution in [1.29, 1.82) is 0 Å². The van der Waals surface area contributed by atoms with Gasteiger partial charge in [-0.2, -0.15) is 0 Å². The lowest BCUT2D eigenvalue weighted by Gasteiger charge is -1.99. The average Bonchev–Trinajstić information content (AvgIpc) is 2.61. The minimum atomic E-state index is -1.89. The lowest BCUT2D eigenvalue weighted by molar-refractivity contribution is 0.560. The first-order valence-corrected chi connectivity index (χ1v) is 9.44. The molecule has 126 valence electrons. The van der Waals surface area contributed by atoms with Gasteiger partial charge < -0.3 is 0 Å². The van der Waals surface area contributed by atoms with Gasteiger partial charge in [0, 0.05) is 0 Å². The van der Waals surface area contributed by atoms with Gasteiger partial charge in [-0.3, -0.25) is 0 Å². The quantitative estimate of drug-likeness (QED) is 0.455. The second kappa shape index (κ2) is 9.05. The molecule has 0 heterocycles. The zero-order valence-corrected chi connectivity index (χ0v) is 15.7. The van der Waals surface area contributed by atoms with Crippen LogP contribution in [0.4, 0.5) is 0 Å². The summed E-state index contributed by atoms with van der Waals surface area (Å²) in [6, 6.07) is 24.2. The monoisotopic (exact) mass is 349 g/mol. The summed E-state index contributed by atoms with van der Waals surface area (Å²) in [5.41, 5.74) is 6.22. The van der Waals surface area contributed by atoms with E-state index in [0.29, 0.717) is 11.3 Å². The number of benzene rings is 3. The van der Waals surface area contributed by atoms with Crippen LogP contribution in [0.25, 0.3) is 11.1 Å². The summed E-state index contributed by atoms with van der Waals surface area (Å²) in [6.07, 6.45) is 0. The molecular formula is C22H22O2P+. The number of hydrogen-bond acceptors (Lipinski definition) is 2. The second-order valence-electron chi connectivity index (χ2n) is 6.01. The standard InChI is InChI=1S/C13H10O2P.C9H12/c14-10-16(15)13-8-6-12(7-9-13)11-4-2-1-3-5-11;1-7-4-8(2)6-9(3)5-7/h1-10H;4-6H,1-3H3/q+1;. The average molecular weight is 349 g/mol. The van der Waals surface area contributed by atoms with Crippen LogP contribution in [0.5, 0.6) is 0 Å². The molecule has 0 bridgehead atoms. The van der Waals surface area contributed by atoms with Gasteiger partial charge in [0.2, 0.25) is 0 Å². The van der Waals surface area contributed by atoms with E-state index in [0.717, 1.165) is 11.1 Å². The van der Waals surface area contributed by atoms with Gasteiger partial charge in [-0.15, -0.1) is 0 Å². The lowest BCUT2D eigenvalue weighted by Crippen LogP contribution is -1.95. The van der Waals surface area contributed by atoms with Crippen molar-refractivity contribution in [3.05, 3.63) is 89.5 Å². The van der Waals surface area contributed by atoms with E-state index in [2.05, 4.69) is 39.0 Å². The third kappa shape index (κ3) is 5.77. The highest BCUT2D eigenvalue weighted by atomic mass is 31.1. The molecule has 3 aromatic rings. The summed E-state index contributed by atoms with van der Waals surface area (Å²) in [7, 11) is -1.89. The molecule has 3 rings (SSSR count). The van der Waals surface area contributed by atoms with Crippen molar-refractivity contribution in [2.75, 3.05) is 0 Å². The van der Waals surface area contributed by atoms with E-state index >= 15 is 0 Å². The number of carbonyl (C=O) groups is 1. The number of rotatable bonds is 3. The smallest absolute Gasteiger partial charge is 0.243 e. The fourth-order valence-electron chi connectivity index (χ4n) is 2.69. The summed E-state index contributed by atoms with van der Waals surface area (Å²) in [5.74, 6) is 0. The molecule has 0 saturated carbocycles. The van der Waals surface area contributed by atoms with Crippen LogP contribution in [0.15, 0.2) is 72.8 Å². The van der Waals surface area contributed by atoms with Gasteiger partial charge in [-0.1, -0.05) is 69.8 Å². The van der Waals surface area contributed by atoms with Crippen LogP contribution in [-0.4, -0.2) is 6.03 Å². The van der Waals surface area contributed by atoms with Crippen molar-refractivity contribution in [3.63, 3.8) is 0 Å². The number of aryl methyl sites for hydroxylation is 3. The molecule has 1 atom stereocenters. The van der Waals surface area contributed by atoms with Crippen LogP contribution in [0, 0.1) is 20.8 Å². The van der Waals surface area contributed by atoms with Gasteiger partial charge in [0.15, 0.2) is 5.30 Å². The molecule has 0 amide bonds. The Labute approximate surface area is 150 Å². The molecule has 0 saturated heterocycles. The maximum Gasteiger partial charge on any atom is 0.449 e. The Morgan fingerprint density at radius 2 is 1.12 bits per heavy atom. The highest BCUT2D eigenvalue weighted by Crippen LogP contribution is 2.21. The van der Waals surface area contributed by atoms with E-state index in [4.69, 9.17) is 0 Å². The Kier molecular flexibility index (Phi) is 6.80. The molecule has 0 aliphatic heterocycles. The Hall–Kier alpha value is -2.57. The third-order valence-electron chi connectivity index (χ3n) is 3.69. The Bertz CT molecular complexity index is 802. The summed E-state index contributed by atoms with van der Waals surface area (Å²) in [4.78, 5) is 10.4. The molecule has 3 aromatic carbocycles. The van der Waals surface area contributed by atoms with E-state index in [-0.39, 0.29) is 0 Å². The Balaban J connectivity index is 0.000000212. The van der Waals surface area contributed by atoms with Gasteiger partial charge in [-0.05, 0) is 56.2 Å². The van der Waals surface area contributed by atoms with Crippen LogP contribution in [-0.2, 0) is 9.36 Å². The summed E-state index contributed by atoms with van der Waals surface area (Å²) in [5, 5.41) is 0.574. The lowest BCUT2D eigenvalue weighted by atomic mass is 10.1. The Morgan fingerprint density at radius 3 is 1.56 bits per heavy atom. The van der Waals surface area contributed by atoms with Gasteiger partial charge in [0.1, 0.15) is 0 Å². The zero-order chi connectivity index (χ0) is 18.2. The minimum Gasteiger partial charge on any atom is -0.243 e. The fraction of sp³-hybridized carbons (Fsp3) is 0.136. The molecule has 0 N–H and O–H groups in total. The molecule has 0 aromatic heterocycles. The predicted octanol–water partition coefficient (Wildman–Crippen LogP) is 5.61. The van der Waals surface area contributed by atoms with Crippen molar-refractivity contribution >= 4 is 19.1 Å². The number of carbonyl (C=O) groups excluding carboxylic acids is 1. The van der Waals surface area contributed by atoms with E-state index in [9.17, 15) is 9.36 Å². The van der Waals surface area contributed by atoms with Crippen LogP contribution >= 0.6 is 7.80 Å². The third-order valence-corrected chi connectivity index (χ3v) is 4.69. The van der Waals surface area contributed by atoms with Crippen LogP contribution in [0.2, 0.25) is 0 Å². The van der Waals surface area contributed by atoms with Crippen molar-refractivity contribution in [3.8, 4) is 11.1 Å². The van der Waals surface area contributed by atoms with Crippen molar-refractivity contribution < 1.29 is 9.36 Å². The zero-order valence-electron chi connectivity index (χ0n) is 14.8. The normalized spacial score (nSPS) is 10.4. The van der Waals surface area contributed by atoms with Crippen LogP contribution < -0.4 is 5.30 Å². The molecular weight excluding hydrogens is 327 g/mol. The maximum absolute atomic E-state index is 11.2. The summed E-state index contributed by atoms with van der Waals surface area (Å²) < 4.78 is 11.2. The summed E-state index contributed by atoms with van der Waals surface area (Å²) in [6.45, 7) is 6.38. The molecule has 3 heteroatoms. The van der Waals surface area contributed by atoms with Crippen molar-refractivity contribution in [2.24, 2.45) is 0 Å². The van der Waals surface area contributed by atoms with Gasteiger partial charge in [0.05, 0.1) is 0 Å². The van der Waals surface area contributed by atoms with Crippen molar-refractivity contribution in [1.82, 2.24) is 0 Å². The van der Waals surface area contributed by atoms with E-state index < -0.39 is 7.80 Å². The van der Waals surface area contributed by atoms with Gasteiger partial charge in [-0.25, -0.2) is 4.79 Å². The minimum absolute atomic E-state index is 0.479. The topological polar surface area (TPSA) is 34.1 Å². The second-order valence-corrected chi connectivity index (χ2v) is 7.39. The molecule has 0 spiro atoms. The highest BCUT2D eigenvalue weighted by Gasteiger charge is 2.17. The number of hydrogen-bond donors (Lipinski definition) is 0. The Morgan fingerprint density at radius 1 is 0.680 bits per heavy atom. The van der Waals surface area contributed by atoms with E-state index in [1.165, 1.54) is 16.7 Å².